The maximum atomic E-state index is 12.5. The predicted octanol–water partition coefficient (Wildman–Crippen LogP) is 1.58. The first-order valence-corrected chi connectivity index (χ1v) is 10.3. The SMILES string of the molecule is CCCCCCNC(=O)Cn1cc(S(=O)(=O)N(CC)CC)ccc1=O. The second-order valence-corrected chi connectivity index (χ2v) is 7.77. The number of carbonyl (C=O) groups excluding carboxylic acids is 1. The minimum absolute atomic E-state index is 0.0199. The highest BCUT2D eigenvalue weighted by Gasteiger charge is 2.22. The molecule has 0 fully saturated rings. The predicted molar refractivity (Wildman–Crippen MR) is 98.0 cm³/mol. The zero-order chi connectivity index (χ0) is 18.9. The molecule has 1 N–H and O–H groups in total. The number of sulfonamides is 1. The number of aromatic nitrogens is 1. The molecule has 0 spiro atoms. The van der Waals surface area contributed by atoms with Crippen molar-refractivity contribution in [2.45, 2.75) is 57.9 Å². The molecule has 7 nitrogen and oxygen atoms in total. The number of nitrogens with zero attached hydrogens (tertiary/aromatic N) is 2. The third-order valence-corrected chi connectivity index (χ3v) is 6.00. The Labute approximate surface area is 150 Å². The van der Waals surface area contributed by atoms with E-state index in [2.05, 4.69) is 12.2 Å². The monoisotopic (exact) mass is 371 g/mol. The molecule has 0 radical (unpaired) electrons. The standard InChI is InChI=1S/C17H29N3O4S/c1-4-7-8-9-12-18-16(21)14-19-13-15(10-11-17(19)22)25(23,24)20(5-2)6-3/h10-11,13H,4-9,12,14H2,1-3H3,(H,18,21). The molecule has 0 bridgehead atoms. The first kappa shape index (κ1) is 21.4. The Balaban J connectivity index is 2.82. The van der Waals surface area contributed by atoms with Crippen molar-refractivity contribution in [3.63, 3.8) is 0 Å². The van der Waals surface area contributed by atoms with E-state index in [1.807, 2.05) is 0 Å². The summed E-state index contributed by atoms with van der Waals surface area (Å²) in [6, 6.07) is 2.47. The minimum atomic E-state index is -3.66. The van der Waals surface area contributed by atoms with Crippen molar-refractivity contribution in [2.24, 2.45) is 0 Å². The van der Waals surface area contributed by atoms with Gasteiger partial charge in [0.2, 0.25) is 15.9 Å². The van der Waals surface area contributed by atoms with Gasteiger partial charge < -0.3 is 9.88 Å². The molecule has 142 valence electrons. The summed E-state index contributed by atoms with van der Waals surface area (Å²) in [5.41, 5.74) is -0.403. The fraction of sp³-hybridized carbons (Fsp3) is 0.647. The van der Waals surface area contributed by atoms with Gasteiger partial charge in [0.1, 0.15) is 6.54 Å². The average Bonchev–Trinajstić information content (AvgIpc) is 2.57. The van der Waals surface area contributed by atoms with Crippen molar-refractivity contribution in [2.75, 3.05) is 19.6 Å². The van der Waals surface area contributed by atoms with Crippen LogP contribution in [0.4, 0.5) is 0 Å². The van der Waals surface area contributed by atoms with Crippen molar-refractivity contribution >= 4 is 15.9 Å². The third-order valence-electron chi connectivity index (χ3n) is 3.97. The molecule has 25 heavy (non-hydrogen) atoms. The van der Waals surface area contributed by atoms with Gasteiger partial charge in [-0.05, 0) is 12.5 Å². The Bertz CT molecular complexity index is 709. The summed E-state index contributed by atoms with van der Waals surface area (Å²) < 4.78 is 27.5. The van der Waals surface area contributed by atoms with Crippen LogP contribution in [0.25, 0.3) is 0 Å². The van der Waals surface area contributed by atoms with Crippen LogP contribution in [0, 0.1) is 0 Å². The molecule has 0 aliphatic carbocycles. The van der Waals surface area contributed by atoms with Crippen LogP contribution in [0.1, 0.15) is 46.5 Å². The smallest absolute Gasteiger partial charge is 0.251 e. The minimum Gasteiger partial charge on any atom is -0.355 e. The molecular weight excluding hydrogens is 342 g/mol. The van der Waals surface area contributed by atoms with Crippen LogP contribution >= 0.6 is 0 Å². The van der Waals surface area contributed by atoms with Gasteiger partial charge in [0.25, 0.3) is 5.56 Å². The van der Waals surface area contributed by atoms with E-state index in [1.54, 1.807) is 13.8 Å². The molecule has 1 aromatic rings. The number of rotatable bonds is 11. The maximum absolute atomic E-state index is 12.5. The highest BCUT2D eigenvalue weighted by molar-refractivity contribution is 7.89. The van der Waals surface area contributed by atoms with Gasteiger partial charge in [0, 0.05) is 31.9 Å². The highest BCUT2D eigenvalue weighted by Crippen LogP contribution is 2.13. The lowest BCUT2D eigenvalue weighted by molar-refractivity contribution is -0.121. The summed E-state index contributed by atoms with van der Waals surface area (Å²) >= 11 is 0. The van der Waals surface area contributed by atoms with E-state index >= 15 is 0 Å². The number of nitrogens with one attached hydrogen (secondary N) is 1. The molecule has 1 aromatic heterocycles. The molecule has 8 heteroatoms. The molecule has 0 unspecified atom stereocenters. The zero-order valence-corrected chi connectivity index (χ0v) is 16.1. The van der Waals surface area contributed by atoms with Gasteiger partial charge in [-0.15, -0.1) is 0 Å². The zero-order valence-electron chi connectivity index (χ0n) is 15.3. The third kappa shape index (κ3) is 6.28. The molecule has 0 aliphatic heterocycles. The van der Waals surface area contributed by atoms with Crippen LogP contribution in [0.15, 0.2) is 28.0 Å². The topological polar surface area (TPSA) is 88.5 Å². The van der Waals surface area contributed by atoms with Crippen LogP contribution in [0.3, 0.4) is 0 Å². The van der Waals surface area contributed by atoms with Crippen molar-refractivity contribution in [3.8, 4) is 0 Å². The number of carbonyl (C=O) groups is 1. The first-order chi connectivity index (χ1) is 11.9. The molecule has 0 atom stereocenters. The summed E-state index contributed by atoms with van der Waals surface area (Å²) in [6.45, 7) is 6.68. The molecule has 0 saturated heterocycles. The number of unbranched alkanes of at least 4 members (excludes halogenated alkanes) is 3. The van der Waals surface area contributed by atoms with E-state index in [-0.39, 0.29) is 17.3 Å². The maximum Gasteiger partial charge on any atom is 0.251 e. The van der Waals surface area contributed by atoms with E-state index < -0.39 is 15.6 Å². The normalized spacial score (nSPS) is 11.7. The Morgan fingerprint density at radius 2 is 1.80 bits per heavy atom. The second-order valence-electron chi connectivity index (χ2n) is 5.83. The lowest BCUT2D eigenvalue weighted by Gasteiger charge is -2.19. The second kappa shape index (κ2) is 10.4. The average molecular weight is 372 g/mol. The number of pyridine rings is 1. The Morgan fingerprint density at radius 3 is 2.40 bits per heavy atom. The van der Waals surface area contributed by atoms with Crippen molar-refractivity contribution in [3.05, 3.63) is 28.7 Å². The van der Waals surface area contributed by atoms with Gasteiger partial charge in [-0.2, -0.15) is 4.31 Å². The van der Waals surface area contributed by atoms with Gasteiger partial charge in [-0.1, -0.05) is 40.0 Å². The summed E-state index contributed by atoms with van der Waals surface area (Å²) in [6.07, 6.45) is 5.43. The van der Waals surface area contributed by atoms with Gasteiger partial charge in [-0.3, -0.25) is 9.59 Å². The number of hydrogen-bond acceptors (Lipinski definition) is 4. The van der Waals surface area contributed by atoms with Gasteiger partial charge in [-0.25, -0.2) is 8.42 Å². The van der Waals surface area contributed by atoms with Crippen LogP contribution in [-0.2, 0) is 21.4 Å². The number of amides is 1. The lowest BCUT2D eigenvalue weighted by atomic mass is 10.2. The molecule has 1 heterocycles. The van der Waals surface area contributed by atoms with E-state index in [0.717, 1.165) is 30.3 Å². The van der Waals surface area contributed by atoms with Crippen LogP contribution in [-0.4, -0.2) is 42.8 Å². The first-order valence-electron chi connectivity index (χ1n) is 8.84. The largest absolute Gasteiger partial charge is 0.355 e. The Kier molecular flexibility index (Phi) is 8.85. The van der Waals surface area contributed by atoms with Crippen LogP contribution in [0.5, 0.6) is 0 Å². The van der Waals surface area contributed by atoms with Crippen molar-refractivity contribution < 1.29 is 13.2 Å². The van der Waals surface area contributed by atoms with E-state index in [1.165, 1.54) is 22.6 Å². The van der Waals surface area contributed by atoms with Gasteiger partial charge in [0.15, 0.2) is 0 Å². The molecular formula is C17H29N3O4S. The fourth-order valence-corrected chi connectivity index (χ4v) is 3.97. The lowest BCUT2D eigenvalue weighted by Crippen LogP contribution is -2.34. The van der Waals surface area contributed by atoms with Crippen LogP contribution in [0.2, 0.25) is 0 Å². The summed E-state index contributed by atoms with van der Waals surface area (Å²) in [5.74, 6) is -0.295. The van der Waals surface area contributed by atoms with Gasteiger partial charge in [0.05, 0.1) is 4.90 Å². The summed E-state index contributed by atoms with van der Waals surface area (Å²) in [4.78, 5) is 23.9. The molecule has 1 amide bonds. The quantitative estimate of drug-likeness (QED) is 0.598. The molecule has 0 aromatic carbocycles. The molecule has 1 rings (SSSR count). The summed E-state index contributed by atoms with van der Waals surface area (Å²) in [5, 5.41) is 2.76. The van der Waals surface area contributed by atoms with E-state index in [4.69, 9.17) is 0 Å². The molecule has 0 saturated carbocycles. The Morgan fingerprint density at radius 1 is 1.12 bits per heavy atom. The number of hydrogen-bond donors (Lipinski definition) is 1. The van der Waals surface area contributed by atoms with E-state index in [9.17, 15) is 18.0 Å². The van der Waals surface area contributed by atoms with Crippen LogP contribution < -0.4 is 10.9 Å². The highest BCUT2D eigenvalue weighted by atomic mass is 32.2. The van der Waals surface area contributed by atoms with Gasteiger partial charge >= 0.3 is 0 Å². The van der Waals surface area contributed by atoms with E-state index in [0.29, 0.717) is 19.6 Å². The summed E-state index contributed by atoms with van der Waals surface area (Å²) in [7, 11) is -3.66. The Hall–Kier alpha value is -1.67. The molecule has 0 aliphatic rings. The van der Waals surface area contributed by atoms with Crippen molar-refractivity contribution in [1.29, 1.82) is 0 Å². The van der Waals surface area contributed by atoms with Crippen molar-refractivity contribution in [1.82, 2.24) is 14.2 Å². The fourth-order valence-electron chi connectivity index (χ4n) is 2.49.